The van der Waals surface area contributed by atoms with E-state index in [9.17, 15) is 24.5 Å². The van der Waals surface area contributed by atoms with Crippen LogP contribution in [0, 0.1) is 10.1 Å². The molecule has 104 valence electrons. The van der Waals surface area contributed by atoms with Crippen molar-refractivity contribution >= 4 is 23.4 Å². The molecule has 1 aliphatic heterocycles. The van der Waals surface area contributed by atoms with Crippen molar-refractivity contribution in [3.8, 4) is 0 Å². The van der Waals surface area contributed by atoms with Gasteiger partial charge in [0, 0.05) is 17.7 Å². The van der Waals surface area contributed by atoms with Gasteiger partial charge in [0.25, 0.3) is 11.6 Å². The summed E-state index contributed by atoms with van der Waals surface area (Å²) in [5, 5.41) is 12.7. The predicted octanol–water partition coefficient (Wildman–Crippen LogP) is 0.0819. The van der Waals surface area contributed by atoms with E-state index in [0.29, 0.717) is 0 Å². The van der Waals surface area contributed by atoms with Crippen molar-refractivity contribution in [2.75, 3.05) is 6.54 Å². The average molecular weight is 277 g/mol. The average Bonchev–Trinajstić information content (AvgIpc) is 2.42. The van der Waals surface area contributed by atoms with Gasteiger partial charge in [-0.3, -0.25) is 29.8 Å². The molecule has 1 aromatic rings. The maximum absolute atomic E-state index is 12.2. The van der Waals surface area contributed by atoms with Crippen LogP contribution in [0.15, 0.2) is 24.3 Å². The molecule has 0 aliphatic carbocycles. The molecule has 0 radical (unpaired) electrons. The lowest BCUT2D eigenvalue weighted by molar-refractivity contribution is -0.384. The zero-order valence-electron chi connectivity index (χ0n) is 10.5. The van der Waals surface area contributed by atoms with Gasteiger partial charge in [-0.25, -0.2) is 0 Å². The predicted molar refractivity (Wildman–Crippen MR) is 66.7 cm³/mol. The molecule has 1 aromatic carbocycles. The molecule has 0 aromatic heterocycles. The summed E-state index contributed by atoms with van der Waals surface area (Å²) in [4.78, 5) is 46.1. The van der Waals surface area contributed by atoms with Gasteiger partial charge < -0.3 is 4.90 Å². The van der Waals surface area contributed by atoms with Gasteiger partial charge in [-0.05, 0) is 19.1 Å². The number of non-ortho nitro benzene ring substituents is 1. The minimum Gasteiger partial charge on any atom is -0.318 e. The smallest absolute Gasteiger partial charge is 0.269 e. The molecule has 1 aliphatic rings. The largest absolute Gasteiger partial charge is 0.318 e. The van der Waals surface area contributed by atoms with E-state index in [4.69, 9.17) is 0 Å². The number of hydrogen-bond acceptors (Lipinski definition) is 5. The molecule has 1 unspecified atom stereocenters. The van der Waals surface area contributed by atoms with Gasteiger partial charge in [-0.1, -0.05) is 0 Å². The molecule has 1 heterocycles. The number of rotatable bonds is 2. The Labute approximate surface area is 113 Å². The first-order valence-electron chi connectivity index (χ1n) is 5.79. The molecule has 0 saturated carbocycles. The number of imide groups is 1. The fourth-order valence-corrected chi connectivity index (χ4v) is 1.85. The van der Waals surface area contributed by atoms with Gasteiger partial charge in [0.15, 0.2) is 0 Å². The normalized spacial score (nSPS) is 18.6. The number of benzene rings is 1. The van der Waals surface area contributed by atoms with E-state index in [0.717, 1.165) is 4.90 Å². The van der Waals surface area contributed by atoms with Crippen LogP contribution in [0.1, 0.15) is 17.3 Å². The summed E-state index contributed by atoms with van der Waals surface area (Å²) in [5.41, 5.74) is 0.0482. The van der Waals surface area contributed by atoms with Crippen LogP contribution >= 0.6 is 0 Å². The SMILES string of the molecule is CC1C(=O)NC(=O)CN1C(=O)c1ccc([N+](=O)[O-])cc1. The molecular formula is C12H11N3O5. The van der Waals surface area contributed by atoms with Crippen LogP contribution in [0.3, 0.4) is 0 Å². The van der Waals surface area contributed by atoms with Crippen LogP contribution in [0.4, 0.5) is 5.69 Å². The van der Waals surface area contributed by atoms with Crippen LogP contribution in [-0.2, 0) is 9.59 Å². The summed E-state index contributed by atoms with van der Waals surface area (Å²) in [5.74, 6) is -1.62. The van der Waals surface area contributed by atoms with E-state index >= 15 is 0 Å². The van der Waals surface area contributed by atoms with Gasteiger partial charge in [-0.15, -0.1) is 0 Å². The van der Waals surface area contributed by atoms with E-state index in [1.165, 1.54) is 31.2 Å². The number of nitro groups is 1. The minimum absolute atomic E-state index is 0.137. The number of carbonyl (C=O) groups excluding carboxylic acids is 3. The Morgan fingerprint density at radius 1 is 1.35 bits per heavy atom. The number of carbonyl (C=O) groups is 3. The van der Waals surface area contributed by atoms with Gasteiger partial charge in [-0.2, -0.15) is 0 Å². The first-order valence-corrected chi connectivity index (χ1v) is 5.79. The van der Waals surface area contributed by atoms with Crippen molar-refractivity contribution in [3.63, 3.8) is 0 Å². The second kappa shape index (κ2) is 5.08. The maximum Gasteiger partial charge on any atom is 0.269 e. The lowest BCUT2D eigenvalue weighted by Crippen LogP contribution is -2.58. The summed E-state index contributed by atoms with van der Waals surface area (Å²) in [6.07, 6.45) is 0. The van der Waals surface area contributed by atoms with Crippen LogP contribution in [0.25, 0.3) is 0 Å². The third kappa shape index (κ3) is 2.48. The van der Waals surface area contributed by atoms with Gasteiger partial charge in [0.1, 0.15) is 12.6 Å². The molecule has 0 spiro atoms. The summed E-state index contributed by atoms with van der Waals surface area (Å²) < 4.78 is 0. The van der Waals surface area contributed by atoms with Crippen LogP contribution < -0.4 is 5.32 Å². The molecule has 3 amide bonds. The fourth-order valence-electron chi connectivity index (χ4n) is 1.85. The topological polar surface area (TPSA) is 110 Å². The molecule has 1 saturated heterocycles. The molecule has 1 fully saturated rings. The van der Waals surface area contributed by atoms with Gasteiger partial charge in [0.05, 0.1) is 4.92 Å². The summed E-state index contributed by atoms with van der Waals surface area (Å²) in [6.45, 7) is 1.29. The van der Waals surface area contributed by atoms with E-state index in [1.54, 1.807) is 0 Å². The van der Waals surface area contributed by atoms with Crippen molar-refractivity contribution < 1.29 is 19.3 Å². The van der Waals surface area contributed by atoms with E-state index in [1.807, 2.05) is 0 Å². The molecule has 20 heavy (non-hydrogen) atoms. The van der Waals surface area contributed by atoms with E-state index in [2.05, 4.69) is 5.32 Å². The molecule has 1 N–H and O–H groups in total. The third-order valence-electron chi connectivity index (χ3n) is 3.01. The highest BCUT2D eigenvalue weighted by molar-refractivity contribution is 6.07. The number of amides is 3. The Balaban J connectivity index is 2.23. The Hall–Kier alpha value is -2.77. The summed E-state index contributed by atoms with van der Waals surface area (Å²) in [7, 11) is 0. The Bertz CT molecular complexity index is 596. The number of nitro benzene ring substituents is 1. The number of nitrogens with one attached hydrogen (secondary N) is 1. The van der Waals surface area contributed by atoms with Gasteiger partial charge >= 0.3 is 0 Å². The molecule has 1 atom stereocenters. The minimum atomic E-state index is -0.768. The summed E-state index contributed by atoms with van der Waals surface area (Å²) >= 11 is 0. The fraction of sp³-hybridized carbons (Fsp3) is 0.250. The molecular weight excluding hydrogens is 266 g/mol. The van der Waals surface area contributed by atoms with Gasteiger partial charge in [0.2, 0.25) is 11.8 Å². The van der Waals surface area contributed by atoms with Crippen molar-refractivity contribution in [1.29, 1.82) is 0 Å². The molecule has 0 bridgehead atoms. The Kier molecular flexibility index (Phi) is 3.47. The van der Waals surface area contributed by atoms with Crippen LogP contribution in [-0.4, -0.2) is 40.1 Å². The number of piperazine rings is 1. The Morgan fingerprint density at radius 2 is 1.95 bits per heavy atom. The zero-order chi connectivity index (χ0) is 14.9. The van der Waals surface area contributed by atoms with Crippen molar-refractivity contribution in [3.05, 3.63) is 39.9 Å². The number of hydrogen-bond donors (Lipinski definition) is 1. The second-order valence-corrected chi connectivity index (χ2v) is 4.33. The highest BCUT2D eigenvalue weighted by Gasteiger charge is 2.33. The first kappa shape index (κ1) is 13.7. The van der Waals surface area contributed by atoms with Crippen molar-refractivity contribution in [1.82, 2.24) is 10.2 Å². The summed E-state index contributed by atoms with van der Waals surface area (Å²) in [6, 6.07) is 4.22. The highest BCUT2D eigenvalue weighted by atomic mass is 16.6. The maximum atomic E-state index is 12.2. The van der Waals surface area contributed by atoms with E-state index in [-0.39, 0.29) is 17.8 Å². The van der Waals surface area contributed by atoms with Crippen LogP contribution in [0.5, 0.6) is 0 Å². The standard InChI is InChI=1S/C12H11N3O5/c1-7-11(17)13-10(16)6-14(7)12(18)8-2-4-9(5-3-8)15(19)20/h2-5,7H,6H2,1H3,(H,13,16,17). The molecule has 8 heteroatoms. The highest BCUT2D eigenvalue weighted by Crippen LogP contribution is 2.15. The second-order valence-electron chi connectivity index (χ2n) is 4.33. The number of nitrogens with zero attached hydrogens (tertiary/aromatic N) is 2. The van der Waals surface area contributed by atoms with E-state index < -0.39 is 28.7 Å². The quantitative estimate of drug-likeness (QED) is 0.467. The van der Waals surface area contributed by atoms with Crippen LogP contribution in [0.2, 0.25) is 0 Å². The Morgan fingerprint density at radius 3 is 2.50 bits per heavy atom. The zero-order valence-corrected chi connectivity index (χ0v) is 10.5. The monoisotopic (exact) mass is 277 g/mol. The third-order valence-corrected chi connectivity index (χ3v) is 3.01. The van der Waals surface area contributed by atoms with Crippen molar-refractivity contribution in [2.24, 2.45) is 0 Å². The molecule has 2 rings (SSSR count). The first-order chi connectivity index (χ1) is 9.40. The lowest BCUT2D eigenvalue weighted by atomic mass is 10.1. The molecule has 8 nitrogen and oxygen atoms in total. The van der Waals surface area contributed by atoms with Crippen molar-refractivity contribution in [2.45, 2.75) is 13.0 Å². The lowest BCUT2D eigenvalue weighted by Gasteiger charge is -2.31.